The lowest BCUT2D eigenvalue weighted by atomic mass is 10.2. The van der Waals surface area contributed by atoms with Crippen LogP contribution in [0.4, 0.5) is 16.2 Å². The second kappa shape index (κ2) is 8.71. The van der Waals surface area contributed by atoms with Crippen LogP contribution in [-0.2, 0) is 14.3 Å². The van der Waals surface area contributed by atoms with Gasteiger partial charge in [-0.05, 0) is 32.9 Å². The molecule has 0 aliphatic carbocycles. The molecule has 2 rings (SSSR count). The highest BCUT2D eigenvalue weighted by molar-refractivity contribution is 9.07. The van der Waals surface area contributed by atoms with E-state index in [1.54, 1.807) is 49.8 Å². The van der Waals surface area contributed by atoms with Gasteiger partial charge in [-0.1, -0.05) is 13.0 Å². The van der Waals surface area contributed by atoms with E-state index in [9.17, 15) is 14.4 Å². The van der Waals surface area contributed by atoms with Crippen molar-refractivity contribution < 1.29 is 23.9 Å². The maximum atomic E-state index is 12.4. The van der Waals surface area contributed by atoms with Crippen LogP contribution in [0.5, 0.6) is 5.75 Å². The average Bonchev–Trinajstić information content (AvgIpc) is 2.55. The van der Waals surface area contributed by atoms with Crippen molar-refractivity contribution in [3.05, 3.63) is 18.2 Å². The van der Waals surface area contributed by atoms with Gasteiger partial charge in [0.25, 0.3) is 0 Å². The van der Waals surface area contributed by atoms with Gasteiger partial charge in [-0.3, -0.25) is 14.9 Å². The first-order valence-corrected chi connectivity index (χ1v) is 9.36. The Morgan fingerprint density at radius 2 is 1.96 bits per heavy atom. The number of piperazine rings is 1. The fourth-order valence-corrected chi connectivity index (χ4v) is 2.81. The molecule has 1 saturated heterocycles. The van der Waals surface area contributed by atoms with E-state index in [0.717, 1.165) is 0 Å². The van der Waals surface area contributed by atoms with Gasteiger partial charge in [0, 0.05) is 35.7 Å². The summed E-state index contributed by atoms with van der Waals surface area (Å²) in [5, 5.41) is 2.60. The van der Waals surface area contributed by atoms with Gasteiger partial charge in [0.05, 0.1) is 17.9 Å². The van der Waals surface area contributed by atoms with Gasteiger partial charge in [-0.25, -0.2) is 8.72 Å². The molecule has 2 amide bonds. The number of amides is 2. The molecule has 0 saturated carbocycles. The molecular formula is C18H24BrN3O5. The second-order valence-corrected chi connectivity index (χ2v) is 8.00. The normalized spacial score (nSPS) is 15.4. The summed E-state index contributed by atoms with van der Waals surface area (Å²) in [6, 6.07) is 4.95. The van der Waals surface area contributed by atoms with Crippen LogP contribution in [0.1, 0.15) is 34.1 Å². The molecule has 9 heteroatoms. The molecular weight excluding hydrogens is 418 g/mol. The van der Waals surface area contributed by atoms with E-state index >= 15 is 0 Å². The molecule has 0 aromatic heterocycles. The average molecular weight is 442 g/mol. The summed E-state index contributed by atoms with van der Waals surface area (Å²) in [6.07, 6.45) is -0.520. The Balaban J connectivity index is 2.37. The van der Waals surface area contributed by atoms with Gasteiger partial charge in [0.1, 0.15) is 5.60 Å². The van der Waals surface area contributed by atoms with E-state index in [1.807, 2.05) is 0 Å². The lowest BCUT2D eigenvalue weighted by Crippen LogP contribution is -2.47. The van der Waals surface area contributed by atoms with Crippen molar-refractivity contribution in [3.8, 4) is 5.75 Å². The van der Waals surface area contributed by atoms with Crippen molar-refractivity contribution in [2.45, 2.75) is 39.7 Å². The van der Waals surface area contributed by atoms with Crippen LogP contribution in [0.3, 0.4) is 0 Å². The lowest BCUT2D eigenvalue weighted by molar-refractivity contribution is -0.134. The topological polar surface area (TPSA) is 88.2 Å². The quantitative estimate of drug-likeness (QED) is 0.438. The molecule has 0 unspecified atom stereocenters. The SMILES string of the molecule is CCC(=O)Oc1c(NC(=O)OC(C)(C)C)cccc1N1CCN(Br)CC1=O. The molecule has 8 nitrogen and oxygen atoms in total. The van der Waals surface area contributed by atoms with E-state index in [0.29, 0.717) is 18.8 Å². The van der Waals surface area contributed by atoms with Gasteiger partial charge < -0.3 is 14.4 Å². The number of anilines is 2. The van der Waals surface area contributed by atoms with E-state index in [2.05, 4.69) is 21.5 Å². The zero-order valence-corrected chi connectivity index (χ0v) is 17.5. The van der Waals surface area contributed by atoms with E-state index in [4.69, 9.17) is 9.47 Å². The van der Waals surface area contributed by atoms with E-state index in [1.165, 1.54) is 4.90 Å². The highest BCUT2D eigenvalue weighted by Gasteiger charge is 2.28. The fourth-order valence-electron chi connectivity index (χ4n) is 2.44. The van der Waals surface area contributed by atoms with Gasteiger partial charge in [-0.2, -0.15) is 0 Å². The zero-order valence-electron chi connectivity index (χ0n) is 15.9. The Hall–Kier alpha value is -2.13. The first kappa shape index (κ1) is 21.2. The molecule has 148 valence electrons. The number of rotatable bonds is 4. The van der Waals surface area contributed by atoms with Crippen molar-refractivity contribution in [1.82, 2.24) is 3.93 Å². The third kappa shape index (κ3) is 5.93. The van der Waals surface area contributed by atoms with Crippen molar-refractivity contribution in [2.75, 3.05) is 29.9 Å². The Kier molecular flexibility index (Phi) is 6.83. The first-order valence-electron chi connectivity index (χ1n) is 8.65. The molecule has 1 aromatic rings. The summed E-state index contributed by atoms with van der Waals surface area (Å²) in [7, 11) is 0. The summed E-state index contributed by atoms with van der Waals surface area (Å²) in [4.78, 5) is 38.1. The molecule has 1 N–H and O–H groups in total. The van der Waals surface area contributed by atoms with Gasteiger partial charge in [0.15, 0.2) is 5.75 Å². The van der Waals surface area contributed by atoms with Crippen LogP contribution >= 0.6 is 16.1 Å². The Morgan fingerprint density at radius 3 is 2.56 bits per heavy atom. The van der Waals surface area contributed by atoms with Crippen LogP contribution in [0, 0.1) is 0 Å². The molecule has 0 radical (unpaired) electrons. The van der Waals surface area contributed by atoms with E-state index in [-0.39, 0.29) is 30.3 Å². The monoisotopic (exact) mass is 441 g/mol. The largest absolute Gasteiger partial charge is 0.444 e. The first-order chi connectivity index (χ1) is 12.6. The number of nitrogens with zero attached hydrogens (tertiary/aromatic N) is 2. The maximum absolute atomic E-state index is 12.4. The molecule has 27 heavy (non-hydrogen) atoms. The predicted octanol–water partition coefficient (Wildman–Crippen LogP) is 3.31. The number of ether oxygens (including phenoxy) is 2. The maximum Gasteiger partial charge on any atom is 0.412 e. The van der Waals surface area contributed by atoms with Crippen LogP contribution in [0.2, 0.25) is 0 Å². The van der Waals surface area contributed by atoms with Crippen molar-refractivity contribution >= 4 is 45.5 Å². The number of hydrogen-bond donors (Lipinski definition) is 1. The second-order valence-electron chi connectivity index (χ2n) is 7.00. The number of carbonyl (C=O) groups is 3. The van der Waals surface area contributed by atoms with Gasteiger partial charge in [-0.15, -0.1) is 0 Å². The fraction of sp³-hybridized carbons (Fsp3) is 0.500. The molecule has 1 aromatic carbocycles. The van der Waals surface area contributed by atoms with Crippen molar-refractivity contribution in [3.63, 3.8) is 0 Å². The van der Waals surface area contributed by atoms with Crippen molar-refractivity contribution in [1.29, 1.82) is 0 Å². The predicted molar refractivity (Wildman–Crippen MR) is 105 cm³/mol. The molecule has 0 atom stereocenters. The molecule has 0 bridgehead atoms. The molecule has 1 aliphatic rings. The number of carbonyl (C=O) groups excluding carboxylic acids is 3. The highest BCUT2D eigenvalue weighted by Crippen LogP contribution is 2.37. The third-order valence-corrected chi connectivity index (χ3v) is 4.20. The molecule has 1 heterocycles. The van der Waals surface area contributed by atoms with Crippen molar-refractivity contribution in [2.24, 2.45) is 0 Å². The van der Waals surface area contributed by atoms with Gasteiger partial charge in [0.2, 0.25) is 5.91 Å². The zero-order chi connectivity index (χ0) is 20.2. The summed E-state index contributed by atoms with van der Waals surface area (Å²) in [5.74, 6) is -0.491. The third-order valence-electron chi connectivity index (χ3n) is 3.60. The van der Waals surface area contributed by atoms with Crippen LogP contribution < -0.4 is 15.0 Å². The Bertz CT molecular complexity index is 732. The summed E-state index contributed by atoms with van der Waals surface area (Å²) < 4.78 is 12.4. The number of esters is 1. The molecule has 0 spiro atoms. The Morgan fingerprint density at radius 1 is 1.26 bits per heavy atom. The number of hydrogen-bond acceptors (Lipinski definition) is 6. The summed E-state index contributed by atoms with van der Waals surface area (Å²) in [5.41, 5.74) is 0.0120. The standard InChI is InChI=1S/C18H24BrN3O5/c1-5-15(24)26-16-12(20-17(25)27-18(2,3)4)7-6-8-13(16)22-10-9-21(19)11-14(22)23/h6-8H,5,9-11H2,1-4H3,(H,20,25). The number of para-hydroxylation sites is 1. The minimum Gasteiger partial charge on any atom is -0.444 e. The van der Waals surface area contributed by atoms with Crippen LogP contribution in [0.25, 0.3) is 0 Å². The minimum atomic E-state index is -0.676. The minimum absolute atomic E-state index is 0.131. The van der Waals surface area contributed by atoms with Crippen LogP contribution in [-0.4, -0.2) is 47.1 Å². The number of benzene rings is 1. The summed E-state index contributed by atoms with van der Waals surface area (Å²) >= 11 is 3.30. The molecule has 1 aliphatic heterocycles. The van der Waals surface area contributed by atoms with Crippen LogP contribution in [0.15, 0.2) is 18.2 Å². The number of halogens is 1. The Labute approximate surface area is 167 Å². The van der Waals surface area contributed by atoms with E-state index < -0.39 is 17.7 Å². The summed E-state index contributed by atoms with van der Waals surface area (Å²) in [6.45, 7) is 8.12. The lowest BCUT2D eigenvalue weighted by Gasteiger charge is -2.32. The smallest absolute Gasteiger partial charge is 0.412 e. The van der Waals surface area contributed by atoms with Gasteiger partial charge >= 0.3 is 12.1 Å². The number of nitrogens with one attached hydrogen (secondary N) is 1. The highest BCUT2D eigenvalue weighted by atomic mass is 79.9. The molecule has 1 fully saturated rings.